The largest absolute Gasteiger partial charge is 0.477 e. The fourth-order valence-electron chi connectivity index (χ4n) is 5.21. The SMILES string of the molecule is CC(O)[C@H]1C(=O)N2C(C(=O)O)=C3[C@H](CCC[C@@H]3N(C)C(=O)NCc3cccnc3)[C@H]12. The first-order chi connectivity index (χ1) is 14.3. The summed E-state index contributed by atoms with van der Waals surface area (Å²) in [6, 6.07) is 2.59. The number of hydrogen-bond donors (Lipinski definition) is 3. The number of carbonyl (C=O) groups excluding carboxylic acids is 2. The van der Waals surface area contributed by atoms with Gasteiger partial charge in [0.2, 0.25) is 5.91 Å². The number of carboxylic acid groups (broad SMARTS) is 1. The van der Waals surface area contributed by atoms with Gasteiger partial charge < -0.3 is 25.3 Å². The third-order valence-corrected chi connectivity index (χ3v) is 6.54. The smallest absolute Gasteiger partial charge is 0.352 e. The van der Waals surface area contributed by atoms with E-state index in [0.717, 1.165) is 18.4 Å². The molecule has 1 aromatic heterocycles. The number of rotatable bonds is 5. The summed E-state index contributed by atoms with van der Waals surface area (Å²) in [5.41, 5.74) is 1.49. The van der Waals surface area contributed by atoms with Crippen LogP contribution in [0.25, 0.3) is 0 Å². The maximum atomic E-state index is 12.8. The average molecular weight is 414 g/mol. The molecule has 3 N–H and O–H groups in total. The van der Waals surface area contributed by atoms with E-state index in [-0.39, 0.29) is 29.6 Å². The number of likely N-dealkylation sites (N-methyl/N-ethyl adjacent to an activating group) is 1. The molecule has 3 aliphatic rings. The number of nitrogens with one attached hydrogen (secondary N) is 1. The molecule has 5 atom stereocenters. The van der Waals surface area contributed by atoms with Gasteiger partial charge in [-0.15, -0.1) is 0 Å². The lowest BCUT2D eigenvalue weighted by Gasteiger charge is -2.48. The number of aliphatic hydroxyl groups is 1. The van der Waals surface area contributed by atoms with Crippen molar-refractivity contribution in [2.75, 3.05) is 7.05 Å². The van der Waals surface area contributed by atoms with Gasteiger partial charge in [-0.3, -0.25) is 9.78 Å². The number of aromatic nitrogens is 1. The molecular weight excluding hydrogens is 388 g/mol. The van der Waals surface area contributed by atoms with Crippen LogP contribution in [0.1, 0.15) is 31.7 Å². The number of urea groups is 1. The minimum Gasteiger partial charge on any atom is -0.477 e. The number of aliphatic hydroxyl groups excluding tert-OH is 1. The standard InChI is InChI=1S/C21H26N4O5/c1-11(26)15-17-13-6-3-7-14(16(13)18(20(28)29)25(17)19(15)27)24(2)21(30)23-10-12-5-4-8-22-9-12/h4-5,8-9,11,13-15,17,26H,3,6-7,10H2,1-2H3,(H,23,30)(H,28,29)/t11?,13-,14-,15+,17+/m0/s1. The third kappa shape index (κ3) is 3.13. The van der Waals surface area contributed by atoms with Crippen LogP contribution in [-0.4, -0.2) is 68.1 Å². The molecule has 3 heterocycles. The molecule has 0 bridgehead atoms. The second-order valence-electron chi connectivity index (χ2n) is 8.26. The Labute approximate surface area is 174 Å². The predicted molar refractivity (Wildman–Crippen MR) is 106 cm³/mol. The number of hydrogen-bond acceptors (Lipinski definition) is 5. The number of carboxylic acids is 1. The highest BCUT2D eigenvalue weighted by atomic mass is 16.4. The molecule has 1 saturated carbocycles. The van der Waals surface area contributed by atoms with Crippen LogP contribution in [0.15, 0.2) is 35.8 Å². The van der Waals surface area contributed by atoms with Gasteiger partial charge in [0, 0.05) is 31.9 Å². The Bertz CT molecular complexity index is 900. The van der Waals surface area contributed by atoms with E-state index >= 15 is 0 Å². The van der Waals surface area contributed by atoms with Crippen LogP contribution in [0.3, 0.4) is 0 Å². The zero-order chi connectivity index (χ0) is 21.6. The summed E-state index contributed by atoms with van der Waals surface area (Å²) in [6.07, 6.45) is 4.68. The van der Waals surface area contributed by atoms with Crippen molar-refractivity contribution in [3.63, 3.8) is 0 Å². The topological polar surface area (TPSA) is 123 Å². The quantitative estimate of drug-likeness (QED) is 0.617. The van der Waals surface area contributed by atoms with Crippen LogP contribution in [0, 0.1) is 11.8 Å². The van der Waals surface area contributed by atoms with Gasteiger partial charge in [-0.1, -0.05) is 12.5 Å². The molecule has 3 amide bonds. The molecule has 30 heavy (non-hydrogen) atoms. The summed E-state index contributed by atoms with van der Waals surface area (Å²) >= 11 is 0. The zero-order valence-electron chi connectivity index (χ0n) is 17.0. The van der Waals surface area contributed by atoms with Crippen molar-refractivity contribution in [2.24, 2.45) is 11.8 Å². The lowest BCUT2D eigenvalue weighted by Crippen LogP contribution is -2.64. The first-order valence-electron chi connectivity index (χ1n) is 10.2. The Morgan fingerprint density at radius 3 is 2.80 bits per heavy atom. The summed E-state index contributed by atoms with van der Waals surface area (Å²) in [5, 5.41) is 22.8. The molecule has 9 nitrogen and oxygen atoms in total. The van der Waals surface area contributed by atoms with Crippen LogP contribution in [-0.2, 0) is 16.1 Å². The van der Waals surface area contributed by atoms with E-state index in [1.165, 1.54) is 9.80 Å². The fourth-order valence-corrected chi connectivity index (χ4v) is 5.21. The summed E-state index contributed by atoms with van der Waals surface area (Å²) in [5.74, 6) is -2.26. The van der Waals surface area contributed by atoms with Crippen LogP contribution in [0.4, 0.5) is 4.79 Å². The number of β-lactam (4-membered cyclic amide) rings is 1. The minimum atomic E-state index is -1.16. The Kier molecular flexibility index (Phi) is 5.23. The van der Waals surface area contributed by atoms with Crippen molar-refractivity contribution in [1.29, 1.82) is 0 Å². The van der Waals surface area contributed by atoms with Crippen molar-refractivity contribution in [2.45, 2.75) is 50.9 Å². The van der Waals surface area contributed by atoms with Crippen molar-refractivity contribution in [3.05, 3.63) is 41.4 Å². The summed E-state index contributed by atoms with van der Waals surface area (Å²) in [7, 11) is 1.65. The summed E-state index contributed by atoms with van der Waals surface area (Å²) in [4.78, 5) is 44.4. The normalized spacial score (nSPS) is 28.4. The zero-order valence-corrected chi connectivity index (χ0v) is 17.0. The summed E-state index contributed by atoms with van der Waals surface area (Å²) < 4.78 is 0. The first kappa shape index (κ1) is 20.3. The predicted octanol–water partition coefficient (Wildman–Crippen LogP) is 0.952. The van der Waals surface area contributed by atoms with Gasteiger partial charge in [-0.2, -0.15) is 0 Å². The molecule has 1 saturated heterocycles. The van der Waals surface area contributed by atoms with Gasteiger partial charge in [0.15, 0.2) is 0 Å². The number of amides is 3. The molecule has 160 valence electrons. The Morgan fingerprint density at radius 2 is 2.17 bits per heavy atom. The van der Waals surface area contributed by atoms with E-state index < -0.39 is 24.0 Å². The fraction of sp³-hybridized carbons (Fsp3) is 0.524. The van der Waals surface area contributed by atoms with Crippen LogP contribution >= 0.6 is 0 Å². The van der Waals surface area contributed by atoms with Crippen molar-refractivity contribution < 1.29 is 24.6 Å². The van der Waals surface area contributed by atoms with E-state index in [9.17, 15) is 24.6 Å². The van der Waals surface area contributed by atoms with Crippen LogP contribution in [0.5, 0.6) is 0 Å². The van der Waals surface area contributed by atoms with E-state index in [1.54, 1.807) is 32.4 Å². The maximum Gasteiger partial charge on any atom is 0.352 e. The second kappa shape index (κ2) is 7.71. The van der Waals surface area contributed by atoms with Gasteiger partial charge in [-0.05, 0) is 37.0 Å². The highest BCUT2D eigenvalue weighted by molar-refractivity contribution is 6.00. The number of nitrogens with zero attached hydrogens (tertiary/aromatic N) is 3. The van der Waals surface area contributed by atoms with E-state index in [2.05, 4.69) is 10.3 Å². The number of fused-ring (bicyclic) bond motifs is 3. The Hall–Kier alpha value is -2.94. The molecular formula is C21H26N4O5. The molecule has 0 aromatic carbocycles. The highest BCUT2D eigenvalue weighted by Gasteiger charge is 2.62. The van der Waals surface area contributed by atoms with Gasteiger partial charge in [-0.25, -0.2) is 9.59 Å². The van der Waals surface area contributed by atoms with Gasteiger partial charge >= 0.3 is 12.0 Å². The van der Waals surface area contributed by atoms with Gasteiger partial charge in [0.25, 0.3) is 0 Å². The molecule has 9 heteroatoms. The van der Waals surface area contributed by atoms with Crippen molar-refractivity contribution >= 4 is 17.9 Å². The first-order valence-corrected chi connectivity index (χ1v) is 10.2. The highest BCUT2D eigenvalue weighted by Crippen LogP contribution is 2.52. The van der Waals surface area contributed by atoms with E-state index in [1.807, 2.05) is 6.07 Å². The molecule has 4 rings (SSSR count). The van der Waals surface area contributed by atoms with E-state index in [0.29, 0.717) is 18.5 Å². The van der Waals surface area contributed by atoms with E-state index in [4.69, 9.17) is 0 Å². The molecule has 1 unspecified atom stereocenters. The Balaban J connectivity index is 1.58. The van der Waals surface area contributed by atoms with Crippen molar-refractivity contribution in [1.82, 2.24) is 20.1 Å². The second-order valence-corrected chi connectivity index (χ2v) is 8.26. The Morgan fingerprint density at radius 1 is 1.40 bits per heavy atom. The molecule has 2 fully saturated rings. The lowest BCUT2D eigenvalue weighted by molar-refractivity contribution is -0.163. The maximum absolute atomic E-state index is 12.8. The van der Waals surface area contributed by atoms with Crippen molar-refractivity contribution in [3.8, 4) is 0 Å². The van der Waals surface area contributed by atoms with Crippen LogP contribution in [0.2, 0.25) is 0 Å². The average Bonchev–Trinajstić information content (AvgIpc) is 3.02. The molecule has 0 spiro atoms. The molecule has 2 aliphatic heterocycles. The third-order valence-electron chi connectivity index (χ3n) is 6.54. The van der Waals surface area contributed by atoms with Gasteiger partial charge in [0.1, 0.15) is 5.70 Å². The number of pyridine rings is 1. The molecule has 1 aromatic rings. The number of aliphatic carboxylic acids is 1. The number of carbonyl (C=O) groups is 3. The molecule has 1 aliphatic carbocycles. The lowest BCUT2D eigenvalue weighted by atomic mass is 9.71. The summed E-state index contributed by atoms with van der Waals surface area (Å²) in [6.45, 7) is 1.88. The minimum absolute atomic E-state index is 0.0106. The van der Waals surface area contributed by atoms with Gasteiger partial charge in [0.05, 0.1) is 24.1 Å². The molecule has 0 radical (unpaired) electrons. The monoisotopic (exact) mass is 414 g/mol. The van der Waals surface area contributed by atoms with Crippen LogP contribution < -0.4 is 5.32 Å².